The Kier molecular flexibility index (Phi) is 7.03. The highest BCUT2D eigenvalue weighted by atomic mass is 32.2. The van der Waals surface area contributed by atoms with Crippen LogP contribution in [0, 0.1) is 6.92 Å². The predicted molar refractivity (Wildman–Crippen MR) is 88.5 cm³/mol. The minimum atomic E-state index is -3.55. The largest absolute Gasteiger partial charge is 0.352 e. The van der Waals surface area contributed by atoms with Crippen LogP contribution in [-0.4, -0.2) is 38.3 Å². The van der Waals surface area contributed by atoms with Crippen LogP contribution in [0.5, 0.6) is 0 Å². The number of hydrogen-bond acceptors (Lipinski definition) is 3. The number of sulfonamides is 1. The molecule has 0 bridgehead atoms. The molecular formula is C16H26N2O3S. The van der Waals surface area contributed by atoms with Crippen molar-refractivity contribution in [3.63, 3.8) is 0 Å². The van der Waals surface area contributed by atoms with Gasteiger partial charge in [-0.3, -0.25) is 4.79 Å². The molecule has 1 amide bonds. The lowest BCUT2D eigenvalue weighted by molar-refractivity contribution is 0.0952. The van der Waals surface area contributed by atoms with E-state index >= 15 is 0 Å². The molecule has 0 aliphatic carbocycles. The summed E-state index contributed by atoms with van der Waals surface area (Å²) in [6.07, 6.45) is 1.90. The quantitative estimate of drug-likeness (QED) is 0.747. The molecule has 0 aromatic heterocycles. The van der Waals surface area contributed by atoms with E-state index in [1.54, 1.807) is 26.0 Å². The smallest absolute Gasteiger partial charge is 0.251 e. The molecule has 6 heteroatoms. The number of benzene rings is 1. The molecule has 0 spiro atoms. The molecule has 0 saturated carbocycles. The van der Waals surface area contributed by atoms with Crippen molar-refractivity contribution in [1.82, 2.24) is 9.62 Å². The molecule has 0 unspecified atom stereocenters. The number of nitrogens with zero attached hydrogens (tertiary/aromatic N) is 1. The van der Waals surface area contributed by atoms with Crippen molar-refractivity contribution in [2.45, 2.75) is 45.4 Å². The zero-order valence-corrected chi connectivity index (χ0v) is 14.7. The Morgan fingerprint density at radius 3 is 2.36 bits per heavy atom. The summed E-state index contributed by atoms with van der Waals surface area (Å²) in [5.74, 6) is -0.220. The van der Waals surface area contributed by atoms with Gasteiger partial charge in [-0.2, -0.15) is 4.31 Å². The molecule has 0 aliphatic rings. The second-order valence-electron chi connectivity index (χ2n) is 5.18. The molecule has 124 valence electrons. The van der Waals surface area contributed by atoms with Crippen LogP contribution in [0.1, 0.15) is 49.5 Å². The maximum Gasteiger partial charge on any atom is 0.251 e. The zero-order valence-electron chi connectivity index (χ0n) is 13.8. The van der Waals surface area contributed by atoms with E-state index in [1.165, 1.54) is 10.4 Å². The first-order valence-corrected chi connectivity index (χ1v) is 9.21. The van der Waals surface area contributed by atoms with Crippen LogP contribution >= 0.6 is 0 Å². The molecule has 0 atom stereocenters. The summed E-state index contributed by atoms with van der Waals surface area (Å²) in [5, 5.41) is 2.83. The maximum absolute atomic E-state index is 12.5. The van der Waals surface area contributed by atoms with Crippen LogP contribution in [0.15, 0.2) is 23.1 Å². The first-order chi connectivity index (χ1) is 10.4. The van der Waals surface area contributed by atoms with Crippen LogP contribution < -0.4 is 5.32 Å². The molecule has 1 aromatic carbocycles. The monoisotopic (exact) mass is 326 g/mol. The van der Waals surface area contributed by atoms with Crippen molar-refractivity contribution in [2.75, 3.05) is 19.6 Å². The lowest BCUT2D eigenvalue weighted by Gasteiger charge is -2.19. The van der Waals surface area contributed by atoms with Crippen LogP contribution in [-0.2, 0) is 10.0 Å². The van der Waals surface area contributed by atoms with Crippen molar-refractivity contribution < 1.29 is 13.2 Å². The normalized spacial score (nSPS) is 11.7. The Hall–Kier alpha value is -1.40. The lowest BCUT2D eigenvalue weighted by Crippen LogP contribution is -2.31. The third-order valence-corrected chi connectivity index (χ3v) is 5.66. The summed E-state index contributed by atoms with van der Waals surface area (Å²) in [6, 6.07) is 4.72. The van der Waals surface area contributed by atoms with Gasteiger partial charge in [0.05, 0.1) is 4.90 Å². The summed E-state index contributed by atoms with van der Waals surface area (Å²) in [5.41, 5.74) is 1.19. The number of amides is 1. The Bertz CT molecular complexity index is 608. The van der Waals surface area contributed by atoms with Gasteiger partial charge in [0, 0.05) is 25.2 Å². The number of carbonyl (C=O) groups excluding carboxylic acids is 1. The molecule has 1 N–H and O–H groups in total. The maximum atomic E-state index is 12.5. The number of carbonyl (C=O) groups is 1. The van der Waals surface area contributed by atoms with Crippen molar-refractivity contribution >= 4 is 15.9 Å². The number of hydrogen-bond donors (Lipinski definition) is 1. The minimum absolute atomic E-state index is 0.169. The fourth-order valence-electron chi connectivity index (χ4n) is 2.19. The van der Waals surface area contributed by atoms with Gasteiger partial charge in [0.25, 0.3) is 5.91 Å². The van der Waals surface area contributed by atoms with Gasteiger partial charge in [0.1, 0.15) is 0 Å². The van der Waals surface area contributed by atoms with Crippen molar-refractivity contribution in [1.29, 1.82) is 0 Å². The van der Waals surface area contributed by atoms with Gasteiger partial charge in [0.15, 0.2) is 0 Å². The highest BCUT2D eigenvalue weighted by Crippen LogP contribution is 2.19. The van der Waals surface area contributed by atoms with E-state index in [1.807, 2.05) is 6.92 Å². The van der Waals surface area contributed by atoms with Gasteiger partial charge < -0.3 is 5.32 Å². The molecule has 0 saturated heterocycles. The van der Waals surface area contributed by atoms with Gasteiger partial charge >= 0.3 is 0 Å². The van der Waals surface area contributed by atoms with Gasteiger partial charge in [-0.1, -0.05) is 33.3 Å². The molecule has 0 aliphatic heterocycles. The second-order valence-corrected chi connectivity index (χ2v) is 7.11. The van der Waals surface area contributed by atoms with Gasteiger partial charge in [-0.25, -0.2) is 8.42 Å². The lowest BCUT2D eigenvalue weighted by atomic mass is 10.1. The van der Waals surface area contributed by atoms with Gasteiger partial charge in [0.2, 0.25) is 10.0 Å². The summed E-state index contributed by atoms with van der Waals surface area (Å²) in [4.78, 5) is 12.4. The van der Waals surface area contributed by atoms with E-state index in [2.05, 4.69) is 12.2 Å². The minimum Gasteiger partial charge on any atom is -0.352 e. The first-order valence-electron chi connectivity index (χ1n) is 7.77. The van der Waals surface area contributed by atoms with Crippen LogP contribution in [0.2, 0.25) is 0 Å². The Balaban J connectivity index is 3.11. The number of aryl methyl sites for hydroxylation is 1. The highest BCUT2D eigenvalue weighted by Gasteiger charge is 2.23. The Morgan fingerprint density at radius 1 is 1.18 bits per heavy atom. The van der Waals surface area contributed by atoms with E-state index in [0.717, 1.165) is 18.4 Å². The third kappa shape index (κ3) is 4.30. The third-order valence-electron chi connectivity index (χ3n) is 3.61. The standard InChI is InChI=1S/C16H26N2O3S/c1-5-8-11-17-16(19)15-12-14(10-9-13(15)4)22(20,21)18(6-2)7-3/h9-10,12H,5-8,11H2,1-4H3,(H,17,19). The van der Waals surface area contributed by atoms with Crippen molar-refractivity contribution in [3.8, 4) is 0 Å². The molecule has 0 heterocycles. The van der Waals surface area contributed by atoms with Crippen LogP contribution in [0.4, 0.5) is 0 Å². The Labute approximate surface area is 133 Å². The summed E-state index contributed by atoms with van der Waals surface area (Å²) in [7, 11) is -3.55. The summed E-state index contributed by atoms with van der Waals surface area (Å²) < 4.78 is 26.5. The molecule has 22 heavy (non-hydrogen) atoms. The zero-order chi connectivity index (χ0) is 16.8. The highest BCUT2D eigenvalue weighted by molar-refractivity contribution is 7.89. The predicted octanol–water partition coefficient (Wildman–Crippen LogP) is 2.56. The topological polar surface area (TPSA) is 66.5 Å². The fraction of sp³-hybridized carbons (Fsp3) is 0.562. The molecule has 1 rings (SSSR count). The van der Waals surface area contributed by atoms with Crippen molar-refractivity contribution in [2.24, 2.45) is 0 Å². The fourth-order valence-corrected chi connectivity index (χ4v) is 3.68. The van der Waals surface area contributed by atoms with E-state index in [-0.39, 0.29) is 10.8 Å². The average molecular weight is 326 g/mol. The van der Waals surface area contributed by atoms with Crippen molar-refractivity contribution in [3.05, 3.63) is 29.3 Å². The molecule has 0 radical (unpaired) electrons. The van der Waals surface area contributed by atoms with E-state index in [9.17, 15) is 13.2 Å². The Morgan fingerprint density at radius 2 is 1.82 bits per heavy atom. The molecule has 1 aromatic rings. The van der Waals surface area contributed by atoms with Crippen LogP contribution in [0.3, 0.4) is 0 Å². The SMILES string of the molecule is CCCCNC(=O)c1cc(S(=O)(=O)N(CC)CC)ccc1C. The molecule has 5 nitrogen and oxygen atoms in total. The van der Waals surface area contributed by atoms with E-state index in [4.69, 9.17) is 0 Å². The molecular weight excluding hydrogens is 300 g/mol. The van der Waals surface area contributed by atoms with Gasteiger partial charge in [-0.15, -0.1) is 0 Å². The average Bonchev–Trinajstić information content (AvgIpc) is 2.48. The van der Waals surface area contributed by atoms with Crippen LogP contribution in [0.25, 0.3) is 0 Å². The first kappa shape index (κ1) is 18.6. The summed E-state index contributed by atoms with van der Waals surface area (Å²) >= 11 is 0. The van der Waals surface area contributed by atoms with Gasteiger partial charge in [-0.05, 0) is 31.0 Å². The van der Waals surface area contributed by atoms with E-state index < -0.39 is 10.0 Å². The number of unbranched alkanes of at least 4 members (excludes halogenated alkanes) is 1. The second kappa shape index (κ2) is 8.29. The molecule has 0 fully saturated rings. The number of nitrogens with one attached hydrogen (secondary N) is 1. The summed E-state index contributed by atoms with van der Waals surface area (Å²) in [6.45, 7) is 8.87. The van der Waals surface area contributed by atoms with E-state index in [0.29, 0.717) is 25.2 Å². The number of rotatable bonds is 8.